The third-order valence-corrected chi connectivity index (χ3v) is 3.15. The predicted octanol–water partition coefficient (Wildman–Crippen LogP) is 4.65. The number of nitrogens with zero attached hydrogens (tertiary/aromatic N) is 2. The van der Waals surface area contributed by atoms with Crippen molar-refractivity contribution in [3.63, 3.8) is 0 Å². The summed E-state index contributed by atoms with van der Waals surface area (Å²) in [5.74, 6) is -0.552. The molecule has 0 bridgehead atoms. The zero-order valence-corrected chi connectivity index (χ0v) is 11.5. The Bertz CT molecular complexity index is 804. The lowest BCUT2D eigenvalue weighted by molar-refractivity contribution is -0.274. The average molecular weight is 323 g/mol. The van der Waals surface area contributed by atoms with Crippen molar-refractivity contribution < 1.29 is 17.9 Å². The van der Waals surface area contributed by atoms with Gasteiger partial charge in [-0.15, -0.1) is 13.2 Å². The van der Waals surface area contributed by atoms with E-state index in [0.29, 0.717) is 0 Å². The van der Waals surface area contributed by atoms with E-state index < -0.39 is 12.1 Å². The lowest BCUT2D eigenvalue weighted by Crippen LogP contribution is -2.17. The van der Waals surface area contributed by atoms with Gasteiger partial charge >= 0.3 is 6.36 Å². The maximum atomic E-state index is 12.5. The number of hydrogen-bond donors (Lipinski definition) is 0. The van der Waals surface area contributed by atoms with Crippen LogP contribution in [0, 0.1) is 22.7 Å². The Kier molecular flexibility index (Phi) is 4.25. The third-order valence-electron chi connectivity index (χ3n) is 2.75. The zero-order valence-electron chi connectivity index (χ0n) is 10.8. The second kappa shape index (κ2) is 5.97. The van der Waals surface area contributed by atoms with Gasteiger partial charge in [-0.2, -0.15) is 10.5 Å². The van der Waals surface area contributed by atoms with Crippen LogP contribution < -0.4 is 4.74 Å². The maximum absolute atomic E-state index is 12.5. The molecule has 7 heteroatoms. The van der Waals surface area contributed by atoms with E-state index in [9.17, 15) is 13.2 Å². The highest BCUT2D eigenvalue weighted by molar-refractivity contribution is 6.34. The molecule has 0 heterocycles. The molecule has 0 N–H and O–H groups in total. The monoisotopic (exact) mass is 322 g/mol. The Hall–Kier alpha value is -2.70. The van der Waals surface area contributed by atoms with Crippen LogP contribution in [0.15, 0.2) is 36.4 Å². The number of benzene rings is 2. The molecular formula is C15H6ClF3N2O. The summed E-state index contributed by atoms with van der Waals surface area (Å²) >= 11 is 6.04. The normalized spacial score (nSPS) is 10.6. The molecule has 0 saturated carbocycles. The summed E-state index contributed by atoms with van der Waals surface area (Å²) in [5, 5.41) is 17.8. The van der Waals surface area contributed by atoms with Crippen molar-refractivity contribution in [3.8, 4) is 29.0 Å². The van der Waals surface area contributed by atoms with E-state index in [4.69, 9.17) is 22.1 Å². The van der Waals surface area contributed by atoms with E-state index in [1.54, 1.807) is 6.07 Å². The molecule has 0 aliphatic rings. The standard InChI is InChI=1S/C15H6ClF3N2O/c16-14-10(8-21)2-1-3-12(14)11-5-4-9(7-20)6-13(11)22-15(17,18)19/h1-6H. The second-order valence-electron chi connectivity index (χ2n) is 4.15. The molecule has 110 valence electrons. The van der Waals surface area contributed by atoms with E-state index in [0.717, 1.165) is 6.07 Å². The van der Waals surface area contributed by atoms with Crippen molar-refractivity contribution in [2.75, 3.05) is 0 Å². The molecule has 0 radical (unpaired) electrons. The van der Waals surface area contributed by atoms with Crippen molar-refractivity contribution in [3.05, 3.63) is 52.5 Å². The van der Waals surface area contributed by atoms with Crippen LogP contribution >= 0.6 is 11.6 Å². The molecule has 0 fully saturated rings. The smallest absolute Gasteiger partial charge is 0.405 e. The number of halogens is 4. The molecule has 2 aromatic carbocycles. The van der Waals surface area contributed by atoms with Gasteiger partial charge in [0.1, 0.15) is 11.8 Å². The van der Waals surface area contributed by atoms with Gasteiger partial charge in [-0.25, -0.2) is 0 Å². The van der Waals surface area contributed by atoms with Gasteiger partial charge in [0, 0.05) is 11.1 Å². The summed E-state index contributed by atoms with van der Waals surface area (Å²) in [4.78, 5) is 0. The number of nitriles is 2. The molecule has 0 amide bonds. The topological polar surface area (TPSA) is 56.8 Å². The minimum absolute atomic E-state index is 0.00978. The molecule has 0 saturated heterocycles. The minimum atomic E-state index is -4.91. The highest BCUT2D eigenvalue weighted by Gasteiger charge is 2.32. The van der Waals surface area contributed by atoms with E-state index in [1.165, 1.54) is 30.3 Å². The van der Waals surface area contributed by atoms with E-state index >= 15 is 0 Å². The summed E-state index contributed by atoms with van der Waals surface area (Å²) in [5.41, 5.74) is 0.389. The van der Waals surface area contributed by atoms with Gasteiger partial charge in [0.05, 0.1) is 22.2 Å². The van der Waals surface area contributed by atoms with Gasteiger partial charge in [-0.3, -0.25) is 0 Å². The van der Waals surface area contributed by atoms with Crippen molar-refractivity contribution in [1.29, 1.82) is 10.5 Å². The number of rotatable bonds is 2. The van der Waals surface area contributed by atoms with Gasteiger partial charge in [0.15, 0.2) is 0 Å². The highest BCUT2D eigenvalue weighted by atomic mass is 35.5. The number of alkyl halides is 3. The van der Waals surface area contributed by atoms with Crippen LogP contribution in [0.4, 0.5) is 13.2 Å². The number of hydrogen-bond acceptors (Lipinski definition) is 3. The largest absolute Gasteiger partial charge is 0.573 e. The molecule has 0 aliphatic heterocycles. The van der Waals surface area contributed by atoms with Crippen molar-refractivity contribution in [2.45, 2.75) is 6.36 Å². The maximum Gasteiger partial charge on any atom is 0.573 e. The fraction of sp³-hybridized carbons (Fsp3) is 0.0667. The molecule has 2 rings (SSSR count). The lowest BCUT2D eigenvalue weighted by Gasteiger charge is -2.15. The molecule has 3 nitrogen and oxygen atoms in total. The molecule has 0 unspecified atom stereocenters. The zero-order chi connectivity index (χ0) is 16.3. The molecular weight excluding hydrogens is 317 g/mol. The van der Waals surface area contributed by atoms with Crippen LogP contribution in [0.1, 0.15) is 11.1 Å². The Morgan fingerprint density at radius 1 is 1.00 bits per heavy atom. The van der Waals surface area contributed by atoms with Crippen LogP contribution in [0.5, 0.6) is 5.75 Å². The van der Waals surface area contributed by atoms with Crippen molar-refractivity contribution in [1.82, 2.24) is 0 Å². The summed E-state index contributed by atoms with van der Waals surface area (Å²) in [6.45, 7) is 0. The van der Waals surface area contributed by atoms with Crippen LogP contribution in [0.25, 0.3) is 11.1 Å². The summed E-state index contributed by atoms with van der Waals surface area (Å²) in [6.07, 6.45) is -4.91. The van der Waals surface area contributed by atoms with Crippen LogP contribution in [-0.2, 0) is 0 Å². The lowest BCUT2D eigenvalue weighted by atomic mass is 10.0. The van der Waals surface area contributed by atoms with E-state index in [2.05, 4.69) is 4.74 Å². The second-order valence-corrected chi connectivity index (χ2v) is 4.53. The van der Waals surface area contributed by atoms with Gasteiger partial charge in [0.2, 0.25) is 0 Å². The quantitative estimate of drug-likeness (QED) is 0.808. The summed E-state index contributed by atoms with van der Waals surface area (Å²) in [6, 6.07) is 11.6. The average Bonchev–Trinajstić information content (AvgIpc) is 2.46. The van der Waals surface area contributed by atoms with Gasteiger partial charge in [-0.05, 0) is 24.3 Å². The molecule has 0 spiro atoms. The highest BCUT2D eigenvalue weighted by Crippen LogP contribution is 2.39. The first-order chi connectivity index (χ1) is 10.4. The first-order valence-corrected chi connectivity index (χ1v) is 6.22. The van der Waals surface area contributed by atoms with Crippen LogP contribution in [-0.4, -0.2) is 6.36 Å². The molecule has 0 atom stereocenters. The van der Waals surface area contributed by atoms with E-state index in [-0.39, 0.29) is 27.3 Å². The minimum Gasteiger partial charge on any atom is -0.405 e. The predicted molar refractivity (Wildman–Crippen MR) is 73.0 cm³/mol. The fourth-order valence-electron chi connectivity index (χ4n) is 1.85. The van der Waals surface area contributed by atoms with E-state index in [1.807, 2.05) is 6.07 Å². The molecule has 0 aromatic heterocycles. The fourth-order valence-corrected chi connectivity index (χ4v) is 2.12. The van der Waals surface area contributed by atoms with Crippen LogP contribution in [0.3, 0.4) is 0 Å². The molecule has 2 aromatic rings. The molecule has 0 aliphatic carbocycles. The van der Waals surface area contributed by atoms with Crippen molar-refractivity contribution in [2.24, 2.45) is 0 Å². The Labute approximate surface area is 128 Å². The Morgan fingerprint density at radius 3 is 2.32 bits per heavy atom. The summed E-state index contributed by atoms with van der Waals surface area (Å²) < 4.78 is 41.6. The first kappa shape index (κ1) is 15.7. The third kappa shape index (κ3) is 3.30. The summed E-state index contributed by atoms with van der Waals surface area (Å²) in [7, 11) is 0. The molecule has 22 heavy (non-hydrogen) atoms. The van der Waals surface area contributed by atoms with Crippen molar-refractivity contribution >= 4 is 11.6 Å². The van der Waals surface area contributed by atoms with Gasteiger partial charge < -0.3 is 4.74 Å². The van der Waals surface area contributed by atoms with Crippen LogP contribution in [0.2, 0.25) is 5.02 Å². The Morgan fingerprint density at radius 2 is 1.73 bits per heavy atom. The SMILES string of the molecule is N#Cc1ccc(-c2cccc(C#N)c2Cl)c(OC(F)(F)F)c1. The van der Waals surface area contributed by atoms with Gasteiger partial charge in [-0.1, -0.05) is 23.7 Å². The first-order valence-electron chi connectivity index (χ1n) is 5.84. The number of ether oxygens (including phenoxy) is 1. The Balaban J connectivity index is 2.66. The van der Waals surface area contributed by atoms with Gasteiger partial charge in [0.25, 0.3) is 0 Å².